The number of carbonyl (C=O) groups is 3. The molecule has 0 bridgehead atoms. The predicted molar refractivity (Wildman–Crippen MR) is 123 cm³/mol. The summed E-state index contributed by atoms with van der Waals surface area (Å²) in [5.74, 6) is -1.64. The van der Waals surface area contributed by atoms with Gasteiger partial charge in [0.25, 0.3) is 5.91 Å². The van der Waals surface area contributed by atoms with Gasteiger partial charge in [-0.15, -0.1) is 22.0 Å². The van der Waals surface area contributed by atoms with E-state index in [1.165, 1.54) is 39.8 Å². The van der Waals surface area contributed by atoms with Gasteiger partial charge in [0.05, 0.1) is 10.8 Å². The van der Waals surface area contributed by atoms with Crippen LogP contribution >= 0.6 is 34.9 Å². The number of fused-ring (bicyclic) bond motifs is 1. The van der Waals surface area contributed by atoms with Crippen LogP contribution in [0.4, 0.5) is 0 Å². The normalized spacial score (nSPS) is 21.0. The van der Waals surface area contributed by atoms with Gasteiger partial charge in [-0.1, -0.05) is 41.3 Å². The van der Waals surface area contributed by atoms with E-state index in [0.717, 1.165) is 9.35 Å². The average molecular weight is 511 g/mol. The number of carboxylic acids is 1. The number of aliphatic carboxylic acids is 1. The highest BCUT2D eigenvalue weighted by molar-refractivity contribution is 8.01. The molecule has 13 heteroatoms. The number of amides is 2. The molecule has 9 nitrogen and oxygen atoms in total. The molecule has 2 aliphatic heterocycles. The molecule has 32 heavy (non-hydrogen) atoms. The number of nitrogens with one attached hydrogen (secondary N) is 1. The zero-order chi connectivity index (χ0) is 22.8. The molecular formula is C19H18N4O5S4. The molecule has 1 aromatic heterocycles. The van der Waals surface area contributed by atoms with Crippen molar-refractivity contribution in [2.24, 2.45) is 0 Å². The van der Waals surface area contributed by atoms with E-state index >= 15 is 0 Å². The molecule has 1 saturated heterocycles. The molecule has 3 atom stereocenters. The molecule has 2 amide bonds. The number of aromatic nitrogens is 2. The fraction of sp³-hybridized carbons (Fsp3) is 0.316. The lowest BCUT2D eigenvalue weighted by Gasteiger charge is -2.49. The van der Waals surface area contributed by atoms with Gasteiger partial charge in [0.2, 0.25) is 5.91 Å². The minimum absolute atomic E-state index is 0.0363. The Morgan fingerprint density at radius 1 is 1.31 bits per heavy atom. The summed E-state index contributed by atoms with van der Waals surface area (Å²) in [6.07, 6.45) is 0. The van der Waals surface area contributed by atoms with Crippen molar-refractivity contribution in [1.82, 2.24) is 20.4 Å². The third-order valence-electron chi connectivity index (χ3n) is 4.71. The summed E-state index contributed by atoms with van der Waals surface area (Å²) in [5.41, 5.74) is 0.589. The summed E-state index contributed by atoms with van der Waals surface area (Å²) in [7, 11) is -1.53. The quantitative estimate of drug-likeness (QED) is 0.401. The number of hydrogen-bond donors (Lipinski definition) is 2. The van der Waals surface area contributed by atoms with Crippen LogP contribution in [0.3, 0.4) is 0 Å². The third kappa shape index (κ3) is 4.75. The molecular weight excluding hydrogens is 493 g/mol. The monoisotopic (exact) mass is 510 g/mol. The van der Waals surface area contributed by atoms with E-state index < -0.39 is 40.0 Å². The van der Waals surface area contributed by atoms with Crippen LogP contribution in [0.5, 0.6) is 0 Å². The smallest absolute Gasteiger partial charge is 0.352 e. The summed E-state index contributed by atoms with van der Waals surface area (Å²) >= 11 is 4.20. The number of thioether (sulfide) groups is 2. The van der Waals surface area contributed by atoms with Crippen LogP contribution in [0.2, 0.25) is 0 Å². The molecule has 3 heterocycles. The lowest BCUT2D eigenvalue weighted by Crippen LogP contribution is -2.70. The van der Waals surface area contributed by atoms with Crippen LogP contribution in [0.1, 0.15) is 5.01 Å². The Morgan fingerprint density at radius 3 is 2.72 bits per heavy atom. The Morgan fingerprint density at radius 2 is 2.06 bits per heavy atom. The van der Waals surface area contributed by atoms with E-state index in [2.05, 4.69) is 15.5 Å². The van der Waals surface area contributed by atoms with Gasteiger partial charge in [-0.3, -0.25) is 18.7 Å². The number of β-lactam (4-membered cyclic amide) rings is 1. The Bertz CT molecular complexity index is 1120. The lowest BCUT2D eigenvalue weighted by atomic mass is 10.0. The standard InChI is InChI=1S/C19H18N4O5S4/c1-10-21-22-19(31-10)30-8-11-7-29-17-14(16(25)23(17)15(11)18(26)27)20-13(24)9-32(28)12-5-3-2-4-6-12/h2-6,14,17H,7-9H2,1H3,(H,20,24)(H,26,27). The predicted octanol–water partition coefficient (Wildman–Crippen LogP) is 1.49. The fourth-order valence-corrected chi connectivity index (χ4v) is 7.52. The van der Waals surface area contributed by atoms with E-state index in [1.807, 2.05) is 6.92 Å². The molecule has 1 aromatic carbocycles. The van der Waals surface area contributed by atoms with Crippen molar-refractivity contribution in [3.8, 4) is 0 Å². The maximum absolute atomic E-state index is 12.7. The molecule has 168 valence electrons. The molecule has 0 radical (unpaired) electrons. The minimum Gasteiger partial charge on any atom is -0.477 e. The molecule has 4 rings (SSSR count). The van der Waals surface area contributed by atoms with Gasteiger partial charge in [-0.05, 0) is 24.6 Å². The van der Waals surface area contributed by atoms with Crippen molar-refractivity contribution in [1.29, 1.82) is 0 Å². The van der Waals surface area contributed by atoms with Crippen molar-refractivity contribution < 1.29 is 23.7 Å². The van der Waals surface area contributed by atoms with Gasteiger partial charge >= 0.3 is 5.97 Å². The largest absolute Gasteiger partial charge is 0.477 e. The molecule has 2 aromatic rings. The van der Waals surface area contributed by atoms with Crippen LogP contribution in [0.25, 0.3) is 0 Å². The number of benzene rings is 1. The van der Waals surface area contributed by atoms with Gasteiger partial charge in [-0.25, -0.2) is 4.79 Å². The van der Waals surface area contributed by atoms with E-state index in [1.54, 1.807) is 30.3 Å². The van der Waals surface area contributed by atoms with Crippen LogP contribution < -0.4 is 5.32 Å². The van der Waals surface area contributed by atoms with E-state index in [-0.39, 0.29) is 11.4 Å². The van der Waals surface area contributed by atoms with Crippen molar-refractivity contribution in [3.63, 3.8) is 0 Å². The molecule has 0 spiro atoms. The van der Waals surface area contributed by atoms with Gasteiger partial charge in [-0.2, -0.15) is 0 Å². The van der Waals surface area contributed by atoms with Crippen LogP contribution in [-0.2, 0) is 25.2 Å². The second-order valence-corrected chi connectivity index (χ2v) is 11.9. The summed E-state index contributed by atoms with van der Waals surface area (Å²) < 4.78 is 13.1. The highest BCUT2D eigenvalue weighted by Gasteiger charge is 2.54. The van der Waals surface area contributed by atoms with Gasteiger partial charge in [0.15, 0.2) is 4.34 Å². The lowest BCUT2D eigenvalue weighted by molar-refractivity contribution is -0.150. The Hall–Kier alpha value is -2.22. The molecule has 1 fully saturated rings. The maximum Gasteiger partial charge on any atom is 0.352 e. The first-order valence-corrected chi connectivity index (χ1v) is 13.6. The highest BCUT2D eigenvalue weighted by Crippen LogP contribution is 2.41. The van der Waals surface area contributed by atoms with Gasteiger partial charge in [0.1, 0.15) is 27.9 Å². The molecule has 0 saturated carbocycles. The third-order valence-corrected chi connectivity index (χ3v) is 9.43. The summed E-state index contributed by atoms with van der Waals surface area (Å²) in [6, 6.07) is 7.76. The average Bonchev–Trinajstić information content (AvgIpc) is 3.20. The van der Waals surface area contributed by atoms with E-state index in [9.17, 15) is 23.7 Å². The number of rotatable bonds is 8. The zero-order valence-electron chi connectivity index (χ0n) is 16.7. The molecule has 2 N–H and O–H groups in total. The maximum atomic E-state index is 12.7. The molecule has 3 unspecified atom stereocenters. The second kappa shape index (κ2) is 9.73. The minimum atomic E-state index is -1.53. The number of carbonyl (C=O) groups excluding carboxylic acids is 2. The van der Waals surface area contributed by atoms with Crippen molar-refractivity contribution in [2.45, 2.75) is 27.6 Å². The Kier molecular flexibility index (Phi) is 6.98. The topological polar surface area (TPSA) is 130 Å². The van der Waals surface area contributed by atoms with Crippen molar-refractivity contribution in [2.75, 3.05) is 17.3 Å². The fourth-order valence-electron chi connectivity index (χ4n) is 3.27. The number of nitrogens with zero attached hydrogens (tertiary/aromatic N) is 3. The highest BCUT2D eigenvalue weighted by atomic mass is 32.2. The van der Waals surface area contributed by atoms with E-state index in [0.29, 0.717) is 22.0 Å². The summed E-state index contributed by atoms with van der Waals surface area (Å²) in [5, 5.41) is 20.7. The zero-order valence-corrected chi connectivity index (χ0v) is 20.0. The van der Waals surface area contributed by atoms with Gasteiger partial charge in [0, 0.05) is 16.4 Å². The Labute approximate surface area is 198 Å². The molecule has 0 aliphatic carbocycles. The summed E-state index contributed by atoms with van der Waals surface area (Å²) in [4.78, 5) is 38.8. The molecule has 2 aliphatic rings. The van der Waals surface area contributed by atoms with Crippen LogP contribution in [0, 0.1) is 6.92 Å². The van der Waals surface area contributed by atoms with Gasteiger partial charge < -0.3 is 10.4 Å². The van der Waals surface area contributed by atoms with E-state index in [4.69, 9.17) is 0 Å². The first-order chi connectivity index (χ1) is 15.3. The second-order valence-electron chi connectivity index (χ2n) is 6.89. The summed E-state index contributed by atoms with van der Waals surface area (Å²) in [6.45, 7) is 1.84. The van der Waals surface area contributed by atoms with Crippen molar-refractivity contribution >= 4 is 63.4 Å². The Balaban J connectivity index is 1.40. The van der Waals surface area contributed by atoms with Crippen LogP contribution in [0.15, 0.2) is 50.8 Å². The first kappa shape index (κ1) is 23.0. The van der Waals surface area contributed by atoms with Crippen LogP contribution in [-0.4, -0.2) is 70.9 Å². The SMILES string of the molecule is Cc1nnc(SCC2=C(C(=O)O)N3C(=O)C(NC(=O)CS(=O)c4ccccc4)C3SC2)s1. The number of aryl methyl sites for hydroxylation is 1. The number of carboxylic acid groups (broad SMARTS) is 1. The number of hydrogen-bond acceptors (Lipinski definition) is 9. The van der Waals surface area contributed by atoms with Crippen molar-refractivity contribution in [3.05, 3.63) is 46.6 Å². The first-order valence-electron chi connectivity index (χ1n) is 9.41.